The average Bonchev–Trinajstić information content (AvgIpc) is 2.59. The van der Waals surface area contributed by atoms with E-state index in [1.807, 2.05) is 18.2 Å². The van der Waals surface area contributed by atoms with Crippen molar-refractivity contribution in [2.75, 3.05) is 5.32 Å². The van der Waals surface area contributed by atoms with Gasteiger partial charge in [0.15, 0.2) is 5.82 Å². The number of benzene rings is 1. The van der Waals surface area contributed by atoms with Gasteiger partial charge in [-0.3, -0.25) is 9.78 Å². The molecule has 6 heteroatoms. The van der Waals surface area contributed by atoms with Gasteiger partial charge in [-0.05, 0) is 30.3 Å². The van der Waals surface area contributed by atoms with Gasteiger partial charge in [-0.25, -0.2) is 9.97 Å². The van der Waals surface area contributed by atoms with Crippen molar-refractivity contribution in [3.05, 3.63) is 66.2 Å². The van der Waals surface area contributed by atoms with Gasteiger partial charge in [-0.2, -0.15) is 0 Å². The molecule has 0 saturated heterocycles. The van der Waals surface area contributed by atoms with Gasteiger partial charge in [0.1, 0.15) is 10.7 Å². The molecule has 3 heterocycles. The van der Waals surface area contributed by atoms with E-state index in [2.05, 4.69) is 20.3 Å². The van der Waals surface area contributed by atoms with Gasteiger partial charge in [0.25, 0.3) is 0 Å². The van der Waals surface area contributed by atoms with Crippen molar-refractivity contribution in [1.29, 1.82) is 0 Å². The number of aromatic nitrogens is 3. The summed E-state index contributed by atoms with van der Waals surface area (Å²) in [5, 5.41) is 4.05. The van der Waals surface area contributed by atoms with E-state index >= 15 is 0 Å². The summed E-state index contributed by atoms with van der Waals surface area (Å²) in [6, 6.07) is 10.9. The smallest absolute Gasteiger partial charge is 0.211 e. The zero-order chi connectivity index (χ0) is 14.9. The molecule has 106 valence electrons. The zero-order valence-corrected chi connectivity index (χ0v) is 12.2. The minimum Gasteiger partial charge on any atom is -0.337 e. The molecule has 0 amide bonds. The second-order valence-corrected chi connectivity index (χ2v) is 5.72. The molecule has 3 aromatic rings. The van der Waals surface area contributed by atoms with Gasteiger partial charge in [0.05, 0.1) is 5.69 Å². The van der Waals surface area contributed by atoms with Crippen molar-refractivity contribution in [2.24, 2.45) is 0 Å². The minimum absolute atomic E-state index is 0.0971. The van der Waals surface area contributed by atoms with Crippen LogP contribution >= 0.6 is 11.8 Å². The number of nitrogens with zero attached hydrogens (tertiary/aromatic N) is 3. The molecule has 2 aromatic heterocycles. The Morgan fingerprint density at radius 1 is 1.00 bits per heavy atom. The van der Waals surface area contributed by atoms with Gasteiger partial charge in [-0.1, -0.05) is 17.8 Å². The molecule has 0 fully saturated rings. The van der Waals surface area contributed by atoms with Gasteiger partial charge >= 0.3 is 0 Å². The van der Waals surface area contributed by atoms with Crippen LogP contribution in [0.3, 0.4) is 0 Å². The van der Waals surface area contributed by atoms with Gasteiger partial charge in [0, 0.05) is 29.0 Å². The van der Waals surface area contributed by atoms with Crippen molar-refractivity contribution in [3.63, 3.8) is 0 Å². The number of fused-ring (bicyclic) bond motifs is 2. The fraction of sp³-hybridized carbons (Fsp3) is 0. The van der Waals surface area contributed by atoms with E-state index < -0.39 is 0 Å². The van der Waals surface area contributed by atoms with Crippen LogP contribution in [-0.4, -0.2) is 20.7 Å². The number of ketones is 1. The van der Waals surface area contributed by atoms with Crippen LogP contribution in [0.2, 0.25) is 0 Å². The number of pyridine rings is 1. The summed E-state index contributed by atoms with van der Waals surface area (Å²) in [5.74, 6) is 0.613. The number of carbonyl (C=O) groups is 1. The minimum atomic E-state index is -0.0971. The maximum Gasteiger partial charge on any atom is 0.211 e. The molecule has 1 aromatic carbocycles. The van der Waals surface area contributed by atoms with Crippen LogP contribution in [0.1, 0.15) is 16.1 Å². The first-order chi connectivity index (χ1) is 10.8. The summed E-state index contributed by atoms with van der Waals surface area (Å²) in [5.41, 5.74) is 1.89. The molecule has 22 heavy (non-hydrogen) atoms. The number of rotatable bonds is 2. The Morgan fingerprint density at radius 3 is 2.77 bits per heavy atom. The molecule has 4 rings (SSSR count). The standard InChI is InChI=1S/C16H10N4OS/c21-14(11-3-1-2-6-17-11)10-4-5-13-12(9-10)20-15-16(22-13)19-8-7-18-15/h1-9H,(H,18,20). The second-order valence-electron chi connectivity index (χ2n) is 4.69. The van der Waals surface area contributed by atoms with Crippen LogP contribution in [0.4, 0.5) is 11.5 Å². The van der Waals surface area contributed by atoms with Gasteiger partial charge in [-0.15, -0.1) is 0 Å². The van der Waals surface area contributed by atoms with E-state index in [0.29, 0.717) is 17.1 Å². The van der Waals surface area contributed by atoms with Crippen molar-refractivity contribution in [2.45, 2.75) is 9.92 Å². The predicted molar refractivity (Wildman–Crippen MR) is 83.5 cm³/mol. The number of nitrogens with one attached hydrogen (secondary N) is 1. The third kappa shape index (κ3) is 2.23. The third-order valence-electron chi connectivity index (χ3n) is 3.26. The Kier molecular flexibility index (Phi) is 3.08. The topological polar surface area (TPSA) is 67.8 Å². The van der Waals surface area contributed by atoms with Crippen LogP contribution < -0.4 is 5.32 Å². The Balaban J connectivity index is 1.70. The molecule has 1 N–H and O–H groups in total. The molecule has 1 aliphatic rings. The normalized spacial score (nSPS) is 12.0. The highest BCUT2D eigenvalue weighted by molar-refractivity contribution is 7.99. The van der Waals surface area contributed by atoms with Crippen LogP contribution in [-0.2, 0) is 0 Å². The fourth-order valence-electron chi connectivity index (χ4n) is 2.22. The van der Waals surface area contributed by atoms with E-state index in [9.17, 15) is 4.79 Å². The molecule has 1 aliphatic heterocycles. The number of hydrogen-bond acceptors (Lipinski definition) is 6. The van der Waals surface area contributed by atoms with E-state index in [1.165, 1.54) is 11.8 Å². The first kappa shape index (κ1) is 13.0. The molecular weight excluding hydrogens is 296 g/mol. The number of carbonyl (C=O) groups excluding carboxylic acids is 1. The van der Waals surface area contributed by atoms with Crippen molar-refractivity contribution in [1.82, 2.24) is 15.0 Å². The van der Waals surface area contributed by atoms with E-state index in [0.717, 1.165) is 15.6 Å². The lowest BCUT2D eigenvalue weighted by Gasteiger charge is -2.19. The zero-order valence-electron chi connectivity index (χ0n) is 11.4. The van der Waals surface area contributed by atoms with E-state index in [-0.39, 0.29) is 5.78 Å². The molecule has 0 bridgehead atoms. The molecule has 0 radical (unpaired) electrons. The Labute approximate surface area is 130 Å². The quantitative estimate of drug-likeness (QED) is 0.573. The SMILES string of the molecule is O=C(c1ccc2c(c1)Nc1nccnc1S2)c1ccccn1. The Morgan fingerprint density at radius 2 is 1.91 bits per heavy atom. The molecule has 0 spiro atoms. The highest BCUT2D eigenvalue weighted by atomic mass is 32.2. The summed E-state index contributed by atoms with van der Waals surface area (Å²) in [4.78, 5) is 26.1. The second kappa shape index (κ2) is 5.23. The Bertz CT molecular complexity index is 867. The Hall–Kier alpha value is -2.73. The maximum atomic E-state index is 12.5. The lowest BCUT2D eigenvalue weighted by atomic mass is 10.1. The largest absolute Gasteiger partial charge is 0.337 e. The number of hydrogen-bond donors (Lipinski definition) is 1. The van der Waals surface area contributed by atoms with E-state index in [1.54, 1.807) is 36.8 Å². The maximum absolute atomic E-state index is 12.5. The molecule has 0 aliphatic carbocycles. The van der Waals surface area contributed by atoms with Crippen LogP contribution in [0.25, 0.3) is 0 Å². The molecule has 0 saturated carbocycles. The monoisotopic (exact) mass is 306 g/mol. The molecule has 0 unspecified atom stereocenters. The first-order valence-corrected chi connectivity index (χ1v) is 7.48. The molecule has 5 nitrogen and oxygen atoms in total. The van der Waals surface area contributed by atoms with Gasteiger partial charge < -0.3 is 5.32 Å². The lowest BCUT2D eigenvalue weighted by Crippen LogP contribution is -2.07. The molecular formula is C16H10N4OS. The highest BCUT2D eigenvalue weighted by Crippen LogP contribution is 2.42. The summed E-state index contributed by atoms with van der Waals surface area (Å²) in [6.45, 7) is 0. The van der Waals surface area contributed by atoms with Crippen molar-refractivity contribution in [3.8, 4) is 0 Å². The fourth-order valence-corrected chi connectivity index (χ4v) is 3.10. The summed E-state index contributed by atoms with van der Waals surface area (Å²) >= 11 is 1.54. The lowest BCUT2D eigenvalue weighted by molar-refractivity contribution is 0.103. The van der Waals surface area contributed by atoms with Crippen molar-refractivity contribution >= 4 is 29.1 Å². The highest BCUT2D eigenvalue weighted by Gasteiger charge is 2.19. The number of anilines is 2. The predicted octanol–water partition coefficient (Wildman–Crippen LogP) is 3.31. The summed E-state index contributed by atoms with van der Waals surface area (Å²) in [6.07, 6.45) is 4.92. The summed E-state index contributed by atoms with van der Waals surface area (Å²) < 4.78 is 0. The summed E-state index contributed by atoms with van der Waals surface area (Å²) in [7, 11) is 0. The average molecular weight is 306 g/mol. The van der Waals surface area contributed by atoms with Crippen LogP contribution in [0, 0.1) is 0 Å². The third-order valence-corrected chi connectivity index (χ3v) is 4.33. The van der Waals surface area contributed by atoms with E-state index in [4.69, 9.17) is 0 Å². The molecule has 0 atom stereocenters. The van der Waals surface area contributed by atoms with Crippen LogP contribution in [0.15, 0.2) is 64.9 Å². The van der Waals surface area contributed by atoms with Crippen molar-refractivity contribution < 1.29 is 4.79 Å². The van der Waals surface area contributed by atoms with Crippen LogP contribution in [0.5, 0.6) is 0 Å². The first-order valence-electron chi connectivity index (χ1n) is 6.67. The van der Waals surface area contributed by atoms with Gasteiger partial charge in [0.2, 0.25) is 5.78 Å².